The number of halogens is 3. The molecule has 1 aromatic heterocycles. The molecule has 5 rings (SSSR count). The highest BCUT2D eigenvalue weighted by Crippen LogP contribution is 2.38. The lowest BCUT2D eigenvalue weighted by Gasteiger charge is -2.38. The summed E-state index contributed by atoms with van der Waals surface area (Å²) in [4.78, 5) is 15.2. The van der Waals surface area contributed by atoms with Crippen molar-refractivity contribution in [2.24, 2.45) is 5.92 Å². The first-order chi connectivity index (χ1) is 19.1. The molecule has 0 radical (unpaired) electrons. The highest BCUT2D eigenvalue weighted by molar-refractivity contribution is 7.89. The molecule has 0 aliphatic carbocycles. The third-order valence-corrected chi connectivity index (χ3v) is 9.52. The molecular weight excluding hydrogens is 564 g/mol. The topological polar surface area (TPSA) is 93.0 Å². The minimum atomic E-state index is -4.03. The van der Waals surface area contributed by atoms with Gasteiger partial charge in [0.05, 0.1) is 12.2 Å². The molecule has 0 bridgehead atoms. The third kappa shape index (κ3) is 5.50. The summed E-state index contributed by atoms with van der Waals surface area (Å²) in [5.41, 5.74) is 0.839. The maximum absolute atomic E-state index is 14.1. The molecule has 1 amide bonds. The maximum Gasteiger partial charge on any atom is 0.248 e. The molecule has 2 aliphatic rings. The van der Waals surface area contributed by atoms with E-state index >= 15 is 0 Å². The Morgan fingerprint density at radius 2 is 1.90 bits per heavy atom. The molecule has 0 N–H and O–H groups in total. The first kappa shape index (κ1) is 28.3. The number of benzene rings is 2. The smallest absolute Gasteiger partial charge is 0.248 e. The number of nitrogens with zero attached hydrogens (tertiary/aromatic N) is 3. The van der Waals surface area contributed by atoms with E-state index in [0.29, 0.717) is 35.8 Å². The van der Waals surface area contributed by atoms with Crippen molar-refractivity contribution in [3.63, 3.8) is 0 Å². The Bertz CT molecular complexity index is 1570. The number of hydrogen-bond donors (Lipinski definition) is 0. The molecule has 2 aliphatic heterocycles. The number of amides is 1. The minimum Gasteiger partial charge on any atom is -0.486 e. The van der Waals surface area contributed by atoms with E-state index in [2.05, 4.69) is 5.16 Å². The van der Waals surface area contributed by atoms with Crippen LogP contribution in [0, 0.1) is 24.5 Å². The molecule has 12 heteroatoms. The average molecular weight is 592 g/mol. The number of piperidine rings is 1. The lowest BCUT2D eigenvalue weighted by Crippen LogP contribution is -2.48. The normalized spacial score (nSPS) is 18.6. The number of carbonyl (C=O) groups is 1. The number of aryl methyl sites for hydroxylation is 1. The third-order valence-electron chi connectivity index (χ3n) is 7.22. The Kier molecular flexibility index (Phi) is 7.98. The van der Waals surface area contributed by atoms with E-state index in [0.717, 1.165) is 18.6 Å². The lowest BCUT2D eigenvalue weighted by atomic mass is 9.95. The standard InChI is InChI=1S/C28H28ClF2N3O5S/c1-3-22-16-34(24-14-20(29)6-9-25(24)38-22)28(35)19-10-12-33(13-11-19)40(36,37)27-17(2)32-39-26(27)8-5-18-4-7-21(30)15-23(18)31/h4-9,14-15,19,22H,3,10-13,16H2,1-2H3/b8-5+. The van der Waals surface area contributed by atoms with Crippen molar-refractivity contribution in [3.05, 3.63) is 70.1 Å². The largest absolute Gasteiger partial charge is 0.486 e. The van der Waals surface area contributed by atoms with Gasteiger partial charge in [0.25, 0.3) is 0 Å². The number of anilines is 1. The first-order valence-corrected chi connectivity index (χ1v) is 14.8. The zero-order valence-corrected chi connectivity index (χ0v) is 23.5. The lowest BCUT2D eigenvalue weighted by molar-refractivity contribution is -0.124. The van der Waals surface area contributed by atoms with Crippen molar-refractivity contribution in [1.82, 2.24) is 9.46 Å². The van der Waals surface area contributed by atoms with Gasteiger partial charge in [-0.3, -0.25) is 4.79 Å². The van der Waals surface area contributed by atoms with Crippen LogP contribution in [0.1, 0.15) is 43.2 Å². The molecule has 1 saturated heterocycles. The van der Waals surface area contributed by atoms with E-state index in [1.54, 1.807) is 23.1 Å². The van der Waals surface area contributed by atoms with Gasteiger partial charge in [0.1, 0.15) is 29.2 Å². The molecule has 0 spiro atoms. The molecule has 40 heavy (non-hydrogen) atoms. The monoisotopic (exact) mass is 591 g/mol. The maximum atomic E-state index is 14.1. The number of hydrogen-bond acceptors (Lipinski definition) is 6. The molecule has 3 aromatic rings. The van der Waals surface area contributed by atoms with E-state index < -0.39 is 21.7 Å². The van der Waals surface area contributed by atoms with Gasteiger partial charge in [0, 0.05) is 35.7 Å². The van der Waals surface area contributed by atoms with Crippen LogP contribution in [-0.2, 0) is 14.8 Å². The summed E-state index contributed by atoms with van der Waals surface area (Å²) >= 11 is 6.20. The van der Waals surface area contributed by atoms with Crippen LogP contribution >= 0.6 is 11.6 Å². The van der Waals surface area contributed by atoms with Gasteiger partial charge in [-0.05, 0) is 68.7 Å². The van der Waals surface area contributed by atoms with Crippen molar-refractivity contribution >= 4 is 45.4 Å². The van der Waals surface area contributed by atoms with Gasteiger partial charge in [-0.1, -0.05) is 23.7 Å². The number of sulfonamides is 1. The number of fused-ring (bicyclic) bond motifs is 1. The summed E-state index contributed by atoms with van der Waals surface area (Å²) in [6, 6.07) is 8.26. The molecule has 1 atom stereocenters. The van der Waals surface area contributed by atoms with Crippen molar-refractivity contribution in [3.8, 4) is 5.75 Å². The fourth-order valence-electron chi connectivity index (χ4n) is 5.03. The number of carbonyl (C=O) groups excluding carboxylic acids is 1. The highest BCUT2D eigenvalue weighted by atomic mass is 35.5. The second kappa shape index (κ2) is 11.3. The minimum absolute atomic E-state index is 0.0631. The Hall–Kier alpha value is -3.28. The summed E-state index contributed by atoms with van der Waals surface area (Å²) in [5.74, 6) is -1.44. The number of aromatic nitrogens is 1. The number of rotatable bonds is 6. The van der Waals surface area contributed by atoms with Gasteiger partial charge in [-0.2, -0.15) is 4.31 Å². The van der Waals surface area contributed by atoms with E-state index in [-0.39, 0.29) is 52.9 Å². The Morgan fingerprint density at radius 3 is 2.60 bits per heavy atom. The SMILES string of the molecule is CCC1CN(C(=O)C2CCN(S(=O)(=O)c3c(C)noc3/C=C/c3ccc(F)cc3F)CC2)c2cc(Cl)ccc2O1. The van der Waals surface area contributed by atoms with Crippen LogP contribution in [0.5, 0.6) is 5.75 Å². The number of ether oxygens (including phenoxy) is 1. The second-order valence-corrected chi connectivity index (χ2v) is 12.2. The summed E-state index contributed by atoms with van der Waals surface area (Å²) in [5, 5.41) is 4.30. The molecule has 3 heterocycles. The summed E-state index contributed by atoms with van der Waals surface area (Å²) in [6.07, 6.45) is 3.84. The van der Waals surface area contributed by atoms with Gasteiger partial charge in [-0.15, -0.1) is 0 Å². The highest BCUT2D eigenvalue weighted by Gasteiger charge is 2.39. The van der Waals surface area contributed by atoms with Gasteiger partial charge >= 0.3 is 0 Å². The van der Waals surface area contributed by atoms with Gasteiger partial charge in [-0.25, -0.2) is 17.2 Å². The predicted molar refractivity (Wildman–Crippen MR) is 147 cm³/mol. The molecule has 1 unspecified atom stereocenters. The quantitative estimate of drug-likeness (QED) is 0.366. The average Bonchev–Trinajstić information content (AvgIpc) is 3.32. The molecule has 2 aromatic carbocycles. The molecular formula is C28H28ClF2N3O5S. The first-order valence-electron chi connectivity index (χ1n) is 13.0. The van der Waals surface area contributed by atoms with Crippen LogP contribution < -0.4 is 9.64 Å². The van der Waals surface area contributed by atoms with E-state index in [9.17, 15) is 22.0 Å². The summed E-state index contributed by atoms with van der Waals surface area (Å²) in [6.45, 7) is 4.15. The van der Waals surface area contributed by atoms with Crippen molar-refractivity contribution in [1.29, 1.82) is 0 Å². The summed E-state index contributed by atoms with van der Waals surface area (Å²) < 4.78 is 67.1. The molecule has 0 saturated carbocycles. The van der Waals surface area contributed by atoms with Crippen LogP contribution in [0.4, 0.5) is 14.5 Å². The van der Waals surface area contributed by atoms with Crippen LogP contribution in [0.2, 0.25) is 5.02 Å². The van der Waals surface area contributed by atoms with Crippen molar-refractivity contribution in [2.45, 2.75) is 44.1 Å². The van der Waals surface area contributed by atoms with Crippen LogP contribution in [0.3, 0.4) is 0 Å². The second-order valence-electron chi connectivity index (χ2n) is 9.85. The zero-order chi connectivity index (χ0) is 28.6. The van der Waals surface area contributed by atoms with E-state index in [1.165, 1.54) is 29.4 Å². The van der Waals surface area contributed by atoms with Crippen LogP contribution in [0.15, 0.2) is 45.8 Å². The zero-order valence-electron chi connectivity index (χ0n) is 21.9. The summed E-state index contributed by atoms with van der Waals surface area (Å²) in [7, 11) is -4.03. The fourth-order valence-corrected chi connectivity index (χ4v) is 6.92. The van der Waals surface area contributed by atoms with Crippen molar-refractivity contribution in [2.75, 3.05) is 24.5 Å². The molecule has 212 valence electrons. The predicted octanol–water partition coefficient (Wildman–Crippen LogP) is 5.69. The van der Waals surface area contributed by atoms with Crippen LogP contribution in [0.25, 0.3) is 12.2 Å². The van der Waals surface area contributed by atoms with Gasteiger partial charge in [0.2, 0.25) is 15.9 Å². The molecule has 1 fully saturated rings. The Balaban J connectivity index is 1.32. The Morgan fingerprint density at radius 1 is 1.15 bits per heavy atom. The van der Waals surface area contributed by atoms with E-state index in [4.69, 9.17) is 20.9 Å². The molecule has 8 nitrogen and oxygen atoms in total. The van der Waals surface area contributed by atoms with Crippen LogP contribution in [-0.4, -0.2) is 49.5 Å². The van der Waals surface area contributed by atoms with Crippen molar-refractivity contribution < 1.29 is 31.3 Å². The van der Waals surface area contributed by atoms with Gasteiger partial charge < -0.3 is 14.2 Å². The van der Waals surface area contributed by atoms with Gasteiger partial charge in [0.15, 0.2) is 10.7 Å². The fraction of sp³-hybridized carbons (Fsp3) is 0.357. The van der Waals surface area contributed by atoms with E-state index in [1.807, 2.05) is 6.92 Å². The Labute approximate surface area is 236 Å².